The number of aryl methyl sites for hydroxylation is 2. The Bertz CT molecular complexity index is 1210. The lowest BCUT2D eigenvalue weighted by Gasteiger charge is -2.07. The van der Waals surface area contributed by atoms with Gasteiger partial charge in [-0.2, -0.15) is 0 Å². The molecule has 4 rings (SSSR count). The van der Waals surface area contributed by atoms with Gasteiger partial charge in [0.25, 0.3) is 5.91 Å². The molecule has 1 amide bonds. The Balaban J connectivity index is 1.50. The fourth-order valence-corrected chi connectivity index (χ4v) is 3.33. The molecular formula is C23H20FN3O2. The van der Waals surface area contributed by atoms with Crippen molar-refractivity contribution in [1.82, 2.24) is 14.9 Å². The topological polar surface area (TPSA) is 66.9 Å². The summed E-state index contributed by atoms with van der Waals surface area (Å²) in [7, 11) is 0. The molecule has 1 heterocycles. The van der Waals surface area contributed by atoms with Gasteiger partial charge in [-0.25, -0.2) is 9.18 Å². The van der Waals surface area contributed by atoms with Crippen LogP contribution in [0.1, 0.15) is 21.5 Å². The van der Waals surface area contributed by atoms with Crippen molar-refractivity contribution in [1.29, 1.82) is 0 Å². The summed E-state index contributed by atoms with van der Waals surface area (Å²) in [5.74, 6) is -0.684. The molecule has 2 N–H and O–H groups in total. The van der Waals surface area contributed by atoms with E-state index in [9.17, 15) is 14.0 Å². The van der Waals surface area contributed by atoms with Gasteiger partial charge in [0.05, 0.1) is 11.0 Å². The molecule has 146 valence electrons. The number of nitrogens with one attached hydrogen (secondary N) is 2. The average Bonchev–Trinajstić information content (AvgIpc) is 3.06. The van der Waals surface area contributed by atoms with Gasteiger partial charge >= 0.3 is 5.69 Å². The number of benzene rings is 3. The first-order chi connectivity index (χ1) is 14.1. The van der Waals surface area contributed by atoms with Gasteiger partial charge in [-0.3, -0.25) is 9.36 Å². The smallest absolute Gasteiger partial charge is 0.326 e. The summed E-state index contributed by atoms with van der Waals surface area (Å²) in [5.41, 5.74) is 3.11. The number of carbonyl (C=O) groups is 1. The Hall–Kier alpha value is -3.67. The predicted octanol–water partition coefficient (Wildman–Crippen LogP) is 3.64. The van der Waals surface area contributed by atoms with Crippen molar-refractivity contribution >= 4 is 16.9 Å². The quantitative estimate of drug-likeness (QED) is 0.529. The molecule has 0 spiro atoms. The third-order valence-corrected chi connectivity index (χ3v) is 4.90. The fraction of sp³-hybridized carbons (Fsp3) is 0.130. The zero-order chi connectivity index (χ0) is 20.2. The van der Waals surface area contributed by atoms with Crippen LogP contribution in [0.5, 0.6) is 0 Å². The summed E-state index contributed by atoms with van der Waals surface area (Å²) >= 11 is 0. The standard InChI is InChI=1S/C23H20FN3O2/c24-19-9-5-4-8-18(19)15-25-22(28)17-10-11-21-20(14-17)26-23(29)27(21)13-12-16-6-2-1-3-7-16/h1-11,14H,12-13,15H2,(H,25,28)(H,26,29). The van der Waals surface area contributed by atoms with Crippen LogP contribution in [0.3, 0.4) is 0 Å². The Morgan fingerprint density at radius 3 is 2.55 bits per heavy atom. The number of carbonyl (C=O) groups excluding carboxylic acids is 1. The molecule has 3 aromatic carbocycles. The van der Waals surface area contributed by atoms with Gasteiger partial charge in [0.15, 0.2) is 0 Å². The number of fused-ring (bicyclic) bond motifs is 1. The highest BCUT2D eigenvalue weighted by Crippen LogP contribution is 2.14. The molecule has 0 fully saturated rings. The maximum absolute atomic E-state index is 13.7. The number of nitrogens with zero attached hydrogens (tertiary/aromatic N) is 1. The van der Waals surface area contributed by atoms with E-state index in [-0.39, 0.29) is 24.0 Å². The molecule has 0 atom stereocenters. The molecule has 1 aromatic heterocycles. The number of aromatic nitrogens is 2. The van der Waals surface area contributed by atoms with E-state index < -0.39 is 0 Å². The van der Waals surface area contributed by atoms with Crippen molar-refractivity contribution in [3.05, 3.63) is 106 Å². The normalized spacial score (nSPS) is 10.9. The monoisotopic (exact) mass is 389 g/mol. The molecule has 29 heavy (non-hydrogen) atoms. The molecule has 6 heteroatoms. The van der Waals surface area contributed by atoms with Gasteiger partial charge in [0.2, 0.25) is 0 Å². The maximum atomic E-state index is 13.7. The van der Waals surface area contributed by atoms with E-state index in [2.05, 4.69) is 10.3 Å². The number of hydrogen-bond acceptors (Lipinski definition) is 2. The Morgan fingerprint density at radius 1 is 1.00 bits per heavy atom. The lowest BCUT2D eigenvalue weighted by Crippen LogP contribution is -2.23. The second-order valence-corrected chi connectivity index (χ2v) is 6.82. The third-order valence-electron chi connectivity index (χ3n) is 4.90. The van der Waals surface area contributed by atoms with Crippen molar-refractivity contribution < 1.29 is 9.18 Å². The van der Waals surface area contributed by atoms with Crippen molar-refractivity contribution in [2.45, 2.75) is 19.5 Å². The van der Waals surface area contributed by atoms with Gasteiger partial charge in [-0.05, 0) is 36.2 Å². The maximum Gasteiger partial charge on any atom is 0.326 e. The Kier molecular flexibility index (Phi) is 5.24. The van der Waals surface area contributed by atoms with Crippen LogP contribution in [-0.4, -0.2) is 15.5 Å². The predicted molar refractivity (Wildman–Crippen MR) is 110 cm³/mol. The van der Waals surface area contributed by atoms with Crippen molar-refractivity contribution in [3.63, 3.8) is 0 Å². The minimum absolute atomic E-state index is 0.0954. The van der Waals surface area contributed by atoms with Gasteiger partial charge in [0.1, 0.15) is 5.82 Å². The summed E-state index contributed by atoms with van der Waals surface area (Å²) in [6.45, 7) is 0.639. The number of halogens is 1. The van der Waals surface area contributed by atoms with E-state index in [1.807, 2.05) is 30.3 Å². The van der Waals surface area contributed by atoms with E-state index in [4.69, 9.17) is 0 Å². The van der Waals surface area contributed by atoms with E-state index in [0.29, 0.717) is 23.2 Å². The summed E-state index contributed by atoms with van der Waals surface area (Å²) in [6.07, 6.45) is 0.735. The van der Waals surface area contributed by atoms with E-state index in [1.54, 1.807) is 41.0 Å². The summed E-state index contributed by atoms with van der Waals surface area (Å²) in [6, 6.07) is 21.3. The van der Waals surface area contributed by atoms with Gasteiger partial charge in [-0.1, -0.05) is 48.5 Å². The minimum atomic E-state index is -0.358. The largest absolute Gasteiger partial charge is 0.348 e. The number of hydrogen-bond donors (Lipinski definition) is 2. The van der Waals surface area contributed by atoms with Crippen molar-refractivity contribution in [3.8, 4) is 0 Å². The van der Waals surface area contributed by atoms with Gasteiger partial charge in [-0.15, -0.1) is 0 Å². The van der Waals surface area contributed by atoms with Crippen LogP contribution < -0.4 is 11.0 Å². The number of H-pyrrole nitrogens is 1. The first-order valence-corrected chi connectivity index (χ1v) is 9.40. The molecule has 0 radical (unpaired) electrons. The van der Waals surface area contributed by atoms with Gasteiger partial charge < -0.3 is 10.3 Å². The van der Waals surface area contributed by atoms with Gasteiger partial charge in [0, 0.05) is 24.2 Å². The molecule has 0 saturated carbocycles. The van der Waals surface area contributed by atoms with Crippen LogP contribution in [0.25, 0.3) is 11.0 Å². The van der Waals surface area contributed by atoms with E-state index in [1.165, 1.54) is 6.07 Å². The molecule has 0 saturated heterocycles. The average molecular weight is 389 g/mol. The first-order valence-electron chi connectivity index (χ1n) is 9.40. The van der Waals surface area contributed by atoms with Crippen LogP contribution in [-0.2, 0) is 19.5 Å². The molecular weight excluding hydrogens is 369 g/mol. The lowest BCUT2D eigenvalue weighted by atomic mass is 10.1. The van der Waals surface area contributed by atoms with Crippen LogP contribution >= 0.6 is 0 Å². The van der Waals surface area contributed by atoms with Crippen molar-refractivity contribution in [2.75, 3.05) is 0 Å². The summed E-state index contributed by atoms with van der Waals surface area (Å²) in [5, 5.41) is 2.71. The molecule has 4 aromatic rings. The number of rotatable bonds is 6. The van der Waals surface area contributed by atoms with Crippen LogP contribution in [0.15, 0.2) is 77.6 Å². The lowest BCUT2D eigenvalue weighted by molar-refractivity contribution is 0.0950. The van der Waals surface area contributed by atoms with E-state index >= 15 is 0 Å². The minimum Gasteiger partial charge on any atom is -0.348 e. The highest BCUT2D eigenvalue weighted by Gasteiger charge is 2.12. The second kappa shape index (κ2) is 8.14. The molecule has 0 aliphatic rings. The zero-order valence-electron chi connectivity index (χ0n) is 15.7. The first kappa shape index (κ1) is 18.7. The van der Waals surface area contributed by atoms with Crippen LogP contribution in [0.4, 0.5) is 4.39 Å². The molecule has 5 nitrogen and oxygen atoms in total. The van der Waals surface area contributed by atoms with E-state index in [0.717, 1.165) is 17.5 Å². The molecule has 0 aliphatic carbocycles. The molecule has 0 bridgehead atoms. The molecule has 0 aliphatic heterocycles. The summed E-state index contributed by atoms with van der Waals surface area (Å²) < 4.78 is 15.4. The Labute approximate surface area is 166 Å². The van der Waals surface area contributed by atoms with Crippen LogP contribution in [0, 0.1) is 5.82 Å². The Morgan fingerprint density at radius 2 is 1.76 bits per heavy atom. The zero-order valence-corrected chi connectivity index (χ0v) is 15.7. The highest BCUT2D eigenvalue weighted by atomic mass is 19.1. The molecule has 0 unspecified atom stereocenters. The SMILES string of the molecule is O=C(NCc1ccccc1F)c1ccc2c(c1)[nH]c(=O)n2CCc1ccccc1. The second-order valence-electron chi connectivity index (χ2n) is 6.82. The number of aromatic amines is 1. The number of imidazole rings is 1. The van der Waals surface area contributed by atoms with Crippen molar-refractivity contribution in [2.24, 2.45) is 0 Å². The summed E-state index contributed by atoms with van der Waals surface area (Å²) in [4.78, 5) is 27.6. The third kappa shape index (κ3) is 4.11. The number of amides is 1. The fourth-order valence-electron chi connectivity index (χ4n) is 3.33. The highest BCUT2D eigenvalue weighted by molar-refractivity contribution is 5.97. The van der Waals surface area contributed by atoms with Crippen LogP contribution in [0.2, 0.25) is 0 Å².